The smallest absolute Gasteiger partial charge is 0.197 e. The number of rotatable bonds is 1. The minimum Gasteiger partial charge on any atom is -0.461 e. The third-order valence-corrected chi connectivity index (χ3v) is 4.20. The zero-order valence-corrected chi connectivity index (χ0v) is 13.6. The molecule has 2 aromatic rings. The van der Waals surface area contributed by atoms with Crippen molar-refractivity contribution in [2.24, 2.45) is 0 Å². The van der Waals surface area contributed by atoms with Crippen molar-refractivity contribution >= 4 is 34.2 Å². The fourth-order valence-electron chi connectivity index (χ4n) is 1.62. The third kappa shape index (κ3) is 2.54. The van der Waals surface area contributed by atoms with Gasteiger partial charge in [-0.25, -0.2) is 9.97 Å². The average molecular weight is 377 g/mol. The molecule has 2 rings (SSSR count). The molecule has 0 spiro atoms. The largest absolute Gasteiger partial charge is 0.461 e. The van der Waals surface area contributed by atoms with Crippen LogP contribution in [-0.4, -0.2) is 9.97 Å². The summed E-state index contributed by atoms with van der Waals surface area (Å²) in [7, 11) is 0. The average Bonchev–Trinajstić information content (AvgIpc) is 2.66. The summed E-state index contributed by atoms with van der Waals surface area (Å²) in [6, 6.07) is 1.89. The molecule has 0 radical (unpaired) electrons. The van der Waals surface area contributed by atoms with Crippen molar-refractivity contribution in [2.45, 2.75) is 33.1 Å². The van der Waals surface area contributed by atoms with Gasteiger partial charge >= 0.3 is 0 Å². The van der Waals surface area contributed by atoms with E-state index in [0.29, 0.717) is 16.7 Å². The lowest BCUT2D eigenvalue weighted by Gasteiger charge is -2.20. The van der Waals surface area contributed by atoms with Crippen molar-refractivity contribution in [2.75, 3.05) is 0 Å². The molecule has 5 heteroatoms. The predicted octanol–water partition coefficient (Wildman–Crippen LogP) is 4.60. The van der Waals surface area contributed by atoms with Crippen LogP contribution < -0.4 is 0 Å². The molecular weight excluding hydrogens is 363 g/mol. The zero-order chi connectivity index (χ0) is 13.5. The lowest BCUT2D eigenvalue weighted by atomic mass is 9.92. The maximum atomic E-state index is 6.19. The fourth-order valence-corrected chi connectivity index (χ4v) is 2.84. The summed E-state index contributed by atoms with van der Waals surface area (Å²) < 4.78 is 6.32. The number of nitrogens with zero attached hydrogens (tertiary/aromatic N) is 2. The Balaban J connectivity index is 2.66. The topological polar surface area (TPSA) is 38.9 Å². The number of aryl methyl sites for hydroxylation is 1. The second kappa shape index (κ2) is 4.81. The molecule has 2 heterocycles. The summed E-state index contributed by atoms with van der Waals surface area (Å²) in [4.78, 5) is 8.91. The van der Waals surface area contributed by atoms with Crippen LogP contribution in [-0.2, 0) is 5.41 Å². The van der Waals surface area contributed by atoms with Gasteiger partial charge in [-0.2, -0.15) is 0 Å². The lowest BCUT2D eigenvalue weighted by Crippen LogP contribution is -2.17. The minimum atomic E-state index is -0.0850. The van der Waals surface area contributed by atoms with E-state index in [2.05, 4.69) is 53.3 Å². The van der Waals surface area contributed by atoms with Crippen LogP contribution in [0.5, 0.6) is 0 Å². The molecule has 0 atom stereocenters. The van der Waals surface area contributed by atoms with Crippen molar-refractivity contribution in [1.82, 2.24) is 9.97 Å². The first-order chi connectivity index (χ1) is 8.30. The van der Waals surface area contributed by atoms with Crippen LogP contribution in [0.15, 0.2) is 16.7 Å². The van der Waals surface area contributed by atoms with Crippen molar-refractivity contribution in [3.8, 4) is 11.6 Å². The Morgan fingerprint density at radius 1 is 1.28 bits per heavy atom. The van der Waals surface area contributed by atoms with E-state index in [0.717, 1.165) is 14.8 Å². The fraction of sp³-hybridized carbons (Fsp3) is 0.385. The summed E-state index contributed by atoms with van der Waals surface area (Å²) in [6.45, 7) is 8.27. The number of aromatic nitrogens is 2. The highest BCUT2D eigenvalue weighted by molar-refractivity contribution is 14.1. The second-order valence-electron chi connectivity index (χ2n) is 5.18. The minimum absolute atomic E-state index is 0.0850. The van der Waals surface area contributed by atoms with E-state index in [9.17, 15) is 0 Å². The van der Waals surface area contributed by atoms with E-state index in [1.807, 2.05) is 13.0 Å². The molecule has 0 aromatic carbocycles. The van der Waals surface area contributed by atoms with Gasteiger partial charge in [0, 0.05) is 5.41 Å². The van der Waals surface area contributed by atoms with Gasteiger partial charge < -0.3 is 4.42 Å². The van der Waals surface area contributed by atoms with Crippen LogP contribution in [0.2, 0.25) is 5.15 Å². The van der Waals surface area contributed by atoms with E-state index in [1.54, 1.807) is 6.26 Å². The van der Waals surface area contributed by atoms with Crippen LogP contribution >= 0.6 is 34.2 Å². The van der Waals surface area contributed by atoms with Crippen molar-refractivity contribution in [1.29, 1.82) is 0 Å². The van der Waals surface area contributed by atoms with Crippen molar-refractivity contribution in [3.63, 3.8) is 0 Å². The Bertz CT molecular complexity index is 587. The standard InChI is InChI=1S/C13H14ClIN2O/c1-7-5-6-18-9(7)12-16-10(13(2,3)4)8(15)11(14)17-12/h5-6H,1-4H3. The third-order valence-electron chi connectivity index (χ3n) is 2.59. The van der Waals surface area contributed by atoms with Gasteiger partial charge in [0.15, 0.2) is 11.6 Å². The molecule has 0 amide bonds. The summed E-state index contributed by atoms with van der Waals surface area (Å²) >= 11 is 8.38. The molecule has 96 valence electrons. The van der Waals surface area contributed by atoms with Crippen LogP contribution in [0.4, 0.5) is 0 Å². The summed E-state index contributed by atoms with van der Waals surface area (Å²) in [5.41, 5.74) is 1.86. The number of hydrogen-bond acceptors (Lipinski definition) is 3. The second-order valence-corrected chi connectivity index (χ2v) is 6.62. The van der Waals surface area contributed by atoms with Crippen LogP contribution in [0.25, 0.3) is 11.6 Å². The van der Waals surface area contributed by atoms with Gasteiger partial charge in [-0.1, -0.05) is 32.4 Å². The number of furan rings is 1. The SMILES string of the molecule is Cc1ccoc1-c1nc(Cl)c(I)c(C(C)(C)C)n1. The van der Waals surface area contributed by atoms with Crippen LogP contribution in [0.3, 0.4) is 0 Å². The summed E-state index contributed by atoms with van der Waals surface area (Å²) in [5, 5.41) is 0.473. The highest BCUT2D eigenvalue weighted by Crippen LogP contribution is 2.32. The van der Waals surface area contributed by atoms with E-state index in [4.69, 9.17) is 16.0 Å². The summed E-state index contributed by atoms with van der Waals surface area (Å²) in [5.74, 6) is 1.23. The van der Waals surface area contributed by atoms with Crippen LogP contribution in [0.1, 0.15) is 32.0 Å². The van der Waals surface area contributed by atoms with Gasteiger partial charge in [0.25, 0.3) is 0 Å². The highest BCUT2D eigenvalue weighted by Gasteiger charge is 2.24. The molecular formula is C13H14ClIN2O. The molecule has 0 aliphatic heterocycles. The van der Waals surface area contributed by atoms with Gasteiger partial charge in [-0.15, -0.1) is 0 Å². The molecule has 0 saturated heterocycles. The van der Waals surface area contributed by atoms with E-state index < -0.39 is 0 Å². The molecule has 0 aliphatic carbocycles. The molecule has 0 unspecified atom stereocenters. The Kier molecular flexibility index (Phi) is 3.69. The van der Waals surface area contributed by atoms with Crippen molar-refractivity contribution < 1.29 is 4.42 Å². The zero-order valence-electron chi connectivity index (χ0n) is 10.7. The molecule has 0 fully saturated rings. The van der Waals surface area contributed by atoms with Gasteiger partial charge in [-0.3, -0.25) is 0 Å². The maximum absolute atomic E-state index is 6.19. The lowest BCUT2D eigenvalue weighted by molar-refractivity contribution is 0.553. The van der Waals surface area contributed by atoms with E-state index in [1.165, 1.54) is 0 Å². The normalized spacial score (nSPS) is 11.9. The van der Waals surface area contributed by atoms with Gasteiger partial charge in [0.1, 0.15) is 5.15 Å². The first-order valence-corrected chi connectivity index (χ1v) is 7.04. The molecule has 0 N–H and O–H groups in total. The van der Waals surface area contributed by atoms with E-state index in [-0.39, 0.29) is 5.41 Å². The Labute approximate surface area is 125 Å². The van der Waals surface area contributed by atoms with Crippen molar-refractivity contribution in [3.05, 3.63) is 32.3 Å². The molecule has 3 nitrogen and oxygen atoms in total. The molecule has 0 saturated carbocycles. The first kappa shape index (κ1) is 13.8. The predicted molar refractivity (Wildman–Crippen MR) is 80.9 cm³/mol. The Morgan fingerprint density at radius 2 is 1.94 bits per heavy atom. The summed E-state index contributed by atoms with van der Waals surface area (Å²) in [6.07, 6.45) is 1.64. The molecule has 0 aliphatic rings. The monoisotopic (exact) mass is 376 g/mol. The van der Waals surface area contributed by atoms with Gasteiger partial charge in [0.05, 0.1) is 15.5 Å². The molecule has 18 heavy (non-hydrogen) atoms. The molecule has 2 aromatic heterocycles. The number of halogens is 2. The first-order valence-electron chi connectivity index (χ1n) is 5.58. The van der Waals surface area contributed by atoms with Crippen LogP contribution in [0, 0.1) is 10.5 Å². The Hall–Kier alpha value is -0.620. The number of hydrogen-bond donors (Lipinski definition) is 0. The van der Waals surface area contributed by atoms with Gasteiger partial charge in [-0.05, 0) is 41.1 Å². The molecule has 0 bridgehead atoms. The Morgan fingerprint density at radius 3 is 2.44 bits per heavy atom. The maximum Gasteiger partial charge on any atom is 0.197 e. The highest BCUT2D eigenvalue weighted by atomic mass is 127. The van der Waals surface area contributed by atoms with Gasteiger partial charge in [0.2, 0.25) is 0 Å². The quantitative estimate of drug-likeness (QED) is 0.539. The van der Waals surface area contributed by atoms with E-state index >= 15 is 0 Å².